The van der Waals surface area contributed by atoms with Gasteiger partial charge in [-0.15, -0.1) is 0 Å². The molecule has 1 fully saturated rings. The zero-order valence-corrected chi connectivity index (χ0v) is 15.1. The highest BCUT2D eigenvalue weighted by Gasteiger charge is 2.28. The highest BCUT2D eigenvalue weighted by Crippen LogP contribution is 2.19. The van der Waals surface area contributed by atoms with E-state index in [4.69, 9.17) is 12.2 Å². The first-order chi connectivity index (χ1) is 11.2. The van der Waals surface area contributed by atoms with Crippen LogP contribution in [0.4, 0.5) is 4.79 Å². The Bertz CT molecular complexity index is 438. The first-order valence-electron chi connectivity index (χ1n) is 9.01. The second-order valence-electron chi connectivity index (χ2n) is 6.28. The van der Waals surface area contributed by atoms with Crippen LogP contribution in [0.5, 0.6) is 0 Å². The molecule has 0 saturated carbocycles. The van der Waals surface area contributed by atoms with Crippen molar-refractivity contribution in [3.8, 4) is 0 Å². The molecule has 0 aromatic carbocycles. The van der Waals surface area contributed by atoms with Crippen molar-refractivity contribution in [2.24, 2.45) is 0 Å². The number of unbranched alkanes of at least 4 members (excludes halogenated alkanes) is 1. The summed E-state index contributed by atoms with van der Waals surface area (Å²) >= 11 is 5.49. The van der Waals surface area contributed by atoms with E-state index < -0.39 is 0 Å². The Morgan fingerprint density at radius 2 is 2.00 bits per heavy atom. The van der Waals surface area contributed by atoms with E-state index in [-0.39, 0.29) is 6.03 Å². The summed E-state index contributed by atoms with van der Waals surface area (Å²) in [4.78, 5) is 12.2. The van der Waals surface area contributed by atoms with E-state index >= 15 is 0 Å². The van der Waals surface area contributed by atoms with Crippen LogP contribution in [0.2, 0.25) is 0 Å². The lowest BCUT2D eigenvalue weighted by Gasteiger charge is -2.30. The molecule has 0 bridgehead atoms. The zero-order valence-electron chi connectivity index (χ0n) is 14.3. The van der Waals surface area contributed by atoms with E-state index in [1.54, 1.807) is 10.6 Å². The van der Waals surface area contributed by atoms with Gasteiger partial charge in [0.1, 0.15) is 0 Å². The predicted octanol–water partition coefficient (Wildman–Crippen LogP) is 3.18. The van der Waals surface area contributed by atoms with Gasteiger partial charge in [0, 0.05) is 26.2 Å². The standard InChI is InChI=1S/C17H30N4OS/c1-2-3-11-18-16(22)20-13-7-14-21(20)17(23)19-12-10-15-8-5-4-6-9-15/h8H,2-7,9-14H2,1H3,(H,18,22)(H,19,23). The Labute approximate surface area is 145 Å². The second-order valence-corrected chi connectivity index (χ2v) is 6.66. The number of hydrogen-bond donors (Lipinski definition) is 2. The third-order valence-corrected chi connectivity index (χ3v) is 4.77. The van der Waals surface area contributed by atoms with Crippen molar-refractivity contribution in [2.75, 3.05) is 26.2 Å². The number of nitrogens with one attached hydrogen (secondary N) is 2. The van der Waals surface area contributed by atoms with E-state index in [2.05, 4.69) is 23.6 Å². The zero-order chi connectivity index (χ0) is 16.5. The Hall–Kier alpha value is -1.30. The Kier molecular flexibility index (Phi) is 7.65. The second kappa shape index (κ2) is 9.75. The van der Waals surface area contributed by atoms with Crippen LogP contribution in [0.25, 0.3) is 0 Å². The number of nitrogens with zero attached hydrogens (tertiary/aromatic N) is 2. The number of hydrogen-bond acceptors (Lipinski definition) is 2. The number of carbonyl (C=O) groups excluding carboxylic acids is 1. The molecule has 0 spiro atoms. The SMILES string of the molecule is CCCCNC(=O)N1CCCN1C(=S)NCCC1=CCCCC1. The molecule has 130 valence electrons. The smallest absolute Gasteiger partial charge is 0.336 e. The van der Waals surface area contributed by atoms with Crippen molar-refractivity contribution < 1.29 is 4.79 Å². The molecule has 1 saturated heterocycles. The summed E-state index contributed by atoms with van der Waals surface area (Å²) in [7, 11) is 0. The first kappa shape index (κ1) is 18.0. The Morgan fingerprint density at radius 3 is 2.74 bits per heavy atom. The fourth-order valence-electron chi connectivity index (χ4n) is 3.05. The van der Waals surface area contributed by atoms with E-state index in [1.807, 2.05) is 5.01 Å². The van der Waals surface area contributed by atoms with Gasteiger partial charge in [0.2, 0.25) is 0 Å². The molecule has 2 rings (SSSR count). The summed E-state index contributed by atoms with van der Waals surface area (Å²) < 4.78 is 0. The highest BCUT2D eigenvalue weighted by atomic mass is 32.1. The van der Waals surface area contributed by atoms with Crippen LogP contribution in [0.15, 0.2) is 11.6 Å². The quantitative estimate of drug-likeness (QED) is 0.444. The third kappa shape index (κ3) is 5.68. The third-order valence-electron chi connectivity index (χ3n) is 4.41. The topological polar surface area (TPSA) is 47.6 Å². The number of hydrazine groups is 1. The van der Waals surface area contributed by atoms with E-state index in [0.29, 0.717) is 5.11 Å². The molecule has 0 radical (unpaired) electrons. The number of thiocarbonyl (C=S) groups is 1. The number of urea groups is 1. The summed E-state index contributed by atoms with van der Waals surface area (Å²) in [5.74, 6) is 0. The molecule has 0 aromatic rings. The summed E-state index contributed by atoms with van der Waals surface area (Å²) in [6, 6.07) is -0.0323. The number of amides is 2. The predicted molar refractivity (Wildman–Crippen MR) is 98.1 cm³/mol. The molecule has 1 aliphatic carbocycles. The number of carbonyl (C=O) groups is 1. The van der Waals surface area contributed by atoms with Gasteiger partial charge in [0.25, 0.3) is 0 Å². The monoisotopic (exact) mass is 338 g/mol. The van der Waals surface area contributed by atoms with Crippen LogP contribution in [-0.2, 0) is 0 Å². The van der Waals surface area contributed by atoms with Gasteiger partial charge in [-0.1, -0.05) is 25.0 Å². The van der Waals surface area contributed by atoms with Gasteiger partial charge < -0.3 is 10.6 Å². The fourth-order valence-corrected chi connectivity index (χ4v) is 3.34. The first-order valence-corrected chi connectivity index (χ1v) is 9.41. The van der Waals surface area contributed by atoms with Crippen molar-refractivity contribution in [2.45, 2.75) is 58.3 Å². The van der Waals surface area contributed by atoms with Gasteiger partial charge >= 0.3 is 6.03 Å². The molecule has 5 nitrogen and oxygen atoms in total. The van der Waals surface area contributed by atoms with Crippen molar-refractivity contribution in [3.05, 3.63) is 11.6 Å². The van der Waals surface area contributed by atoms with Crippen LogP contribution in [0.1, 0.15) is 58.3 Å². The number of allylic oxidation sites excluding steroid dienone is 1. The fraction of sp³-hybridized carbons (Fsp3) is 0.765. The minimum atomic E-state index is -0.0323. The lowest BCUT2D eigenvalue weighted by Crippen LogP contribution is -2.52. The molecule has 2 aliphatic rings. The molecule has 0 atom stereocenters. The van der Waals surface area contributed by atoms with Gasteiger partial charge in [0.05, 0.1) is 0 Å². The lowest BCUT2D eigenvalue weighted by molar-refractivity contribution is 0.124. The molecule has 1 aliphatic heterocycles. The molecular weight excluding hydrogens is 308 g/mol. The van der Waals surface area contributed by atoms with Gasteiger partial charge in [-0.05, 0) is 57.2 Å². The maximum atomic E-state index is 12.2. The Balaban J connectivity index is 1.73. The van der Waals surface area contributed by atoms with E-state index in [9.17, 15) is 4.79 Å². The van der Waals surface area contributed by atoms with Crippen LogP contribution >= 0.6 is 12.2 Å². The molecule has 0 unspecified atom stereocenters. The van der Waals surface area contributed by atoms with Gasteiger partial charge in [-0.2, -0.15) is 0 Å². The lowest BCUT2D eigenvalue weighted by atomic mass is 9.97. The largest absolute Gasteiger partial charge is 0.361 e. The molecule has 2 amide bonds. The molecule has 0 aromatic heterocycles. The number of rotatable bonds is 6. The van der Waals surface area contributed by atoms with Crippen molar-refractivity contribution in [1.82, 2.24) is 20.7 Å². The minimum absolute atomic E-state index is 0.0323. The van der Waals surface area contributed by atoms with Crippen LogP contribution in [0, 0.1) is 0 Å². The highest BCUT2D eigenvalue weighted by molar-refractivity contribution is 7.80. The average Bonchev–Trinajstić information content (AvgIpc) is 3.06. The maximum Gasteiger partial charge on any atom is 0.336 e. The molecule has 1 heterocycles. The van der Waals surface area contributed by atoms with Gasteiger partial charge in [-0.3, -0.25) is 5.01 Å². The molecule has 2 N–H and O–H groups in total. The molecular formula is C17H30N4OS. The van der Waals surface area contributed by atoms with E-state index in [1.165, 1.54) is 25.7 Å². The summed E-state index contributed by atoms with van der Waals surface area (Å²) in [5, 5.41) is 10.6. The molecule has 23 heavy (non-hydrogen) atoms. The van der Waals surface area contributed by atoms with Gasteiger partial charge in [0.15, 0.2) is 5.11 Å². The summed E-state index contributed by atoms with van der Waals surface area (Å²) in [6.45, 7) is 5.26. The summed E-state index contributed by atoms with van der Waals surface area (Å²) in [6.07, 6.45) is 11.6. The van der Waals surface area contributed by atoms with Crippen LogP contribution < -0.4 is 10.6 Å². The van der Waals surface area contributed by atoms with Gasteiger partial charge in [-0.25, -0.2) is 9.80 Å². The Morgan fingerprint density at radius 1 is 1.17 bits per heavy atom. The maximum absolute atomic E-state index is 12.2. The summed E-state index contributed by atoms with van der Waals surface area (Å²) in [5.41, 5.74) is 1.54. The van der Waals surface area contributed by atoms with Crippen molar-refractivity contribution in [3.63, 3.8) is 0 Å². The van der Waals surface area contributed by atoms with E-state index in [0.717, 1.165) is 51.9 Å². The van der Waals surface area contributed by atoms with Crippen molar-refractivity contribution in [1.29, 1.82) is 0 Å². The van der Waals surface area contributed by atoms with Crippen LogP contribution in [-0.4, -0.2) is 47.3 Å². The minimum Gasteiger partial charge on any atom is -0.361 e. The normalized spacial score (nSPS) is 17.9. The average molecular weight is 339 g/mol. The van der Waals surface area contributed by atoms with Crippen LogP contribution in [0.3, 0.4) is 0 Å². The van der Waals surface area contributed by atoms with Crippen molar-refractivity contribution >= 4 is 23.4 Å². The molecule has 6 heteroatoms.